The molecule has 1 aliphatic heterocycles. The molecule has 0 aliphatic carbocycles. The molecular formula is C40H69NO8Si2. The average molecular weight is 748 g/mol. The van der Waals surface area contributed by atoms with Crippen LogP contribution in [0.4, 0.5) is 4.79 Å². The van der Waals surface area contributed by atoms with Crippen LogP contribution in [0.5, 0.6) is 0 Å². The smallest absolute Gasteiger partial charge is 0.404 e. The van der Waals surface area contributed by atoms with E-state index in [1.165, 1.54) is 13.2 Å². The number of allylic oxidation sites excluding steroid dienone is 4. The van der Waals surface area contributed by atoms with E-state index in [1.54, 1.807) is 13.0 Å². The minimum Gasteiger partial charge on any atom is -0.466 e. The van der Waals surface area contributed by atoms with E-state index in [4.69, 9.17) is 28.8 Å². The average Bonchev–Trinajstić information content (AvgIpc) is 2.99. The molecule has 2 N–H and O–H groups in total. The van der Waals surface area contributed by atoms with Gasteiger partial charge in [0.2, 0.25) is 0 Å². The molecule has 0 aromatic carbocycles. The zero-order valence-corrected chi connectivity index (χ0v) is 36.1. The number of hydrogen-bond donors (Lipinski definition) is 1. The maximum absolute atomic E-state index is 13.0. The Balaban J connectivity index is 3.65. The lowest BCUT2D eigenvalue weighted by Crippen LogP contribution is -2.48. The second-order valence-corrected chi connectivity index (χ2v) is 26.4. The zero-order chi connectivity index (χ0) is 39.2. The van der Waals surface area contributed by atoms with Crippen LogP contribution in [0.3, 0.4) is 0 Å². The van der Waals surface area contributed by atoms with Crippen LogP contribution in [0.2, 0.25) is 36.3 Å². The van der Waals surface area contributed by atoms with Crippen LogP contribution in [0.25, 0.3) is 0 Å². The third-order valence-electron chi connectivity index (χ3n) is 10.3. The Morgan fingerprint density at radius 1 is 0.961 bits per heavy atom. The first kappa shape index (κ1) is 46.3. The Labute approximate surface area is 311 Å². The summed E-state index contributed by atoms with van der Waals surface area (Å²) in [7, 11) is -3.13. The standard InChI is InChI=1S/C40H69NO8Si2/c1-29-21-17-15-19-23-33(47-38(41)44)34(49-51(13,14)40(7,8)9)26-25-32(48-50(11,12)39(4,5)6)22-18-16-20-24-36(42)46-35(27-29)30(2)28-31(3)37(43)45-10/h15,17,20-21,24-26,28,30,32-35H,16,18-19,22-23,27H2,1-14H3,(H2,41,44)/b17-15+,24-20+,26-25+,29-21+,31-28+/t30-,32+,33+,34?,35-/m1/s1. The van der Waals surface area contributed by atoms with Crippen molar-refractivity contribution in [2.24, 2.45) is 11.7 Å². The van der Waals surface area contributed by atoms with Gasteiger partial charge in [-0.3, -0.25) is 0 Å². The quantitative estimate of drug-likeness (QED) is 0.0856. The van der Waals surface area contributed by atoms with Crippen LogP contribution in [-0.2, 0) is 32.7 Å². The fourth-order valence-electron chi connectivity index (χ4n) is 5.02. The lowest BCUT2D eigenvalue weighted by atomic mass is 9.95. The maximum atomic E-state index is 13.0. The van der Waals surface area contributed by atoms with Crippen molar-refractivity contribution in [3.63, 3.8) is 0 Å². The number of nitrogens with two attached hydrogens (primary N) is 1. The van der Waals surface area contributed by atoms with E-state index in [-0.39, 0.29) is 22.1 Å². The highest BCUT2D eigenvalue weighted by molar-refractivity contribution is 6.74. The summed E-state index contributed by atoms with van der Waals surface area (Å²) in [6.45, 7) is 27.6. The number of hydrogen-bond acceptors (Lipinski definition) is 8. The third kappa shape index (κ3) is 16.6. The molecule has 0 saturated heterocycles. The first-order valence-corrected chi connectivity index (χ1v) is 24.2. The lowest BCUT2D eigenvalue weighted by Gasteiger charge is -2.41. The number of cyclic esters (lactones) is 1. The molecular weight excluding hydrogens is 679 g/mol. The zero-order valence-electron chi connectivity index (χ0n) is 34.1. The molecule has 5 atom stereocenters. The molecule has 0 radical (unpaired) electrons. The Morgan fingerprint density at radius 3 is 2.14 bits per heavy atom. The first-order valence-electron chi connectivity index (χ1n) is 18.4. The van der Waals surface area contributed by atoms with E-state index in [0.717, 1.165) is 18.4 Å². The molecule has 1 rings (SSSR count). The van der Waals surface area contributed by atoms with E-state index < -0.39 is 53.0 Å². The summed E-state index contributed by atoms with van der Waals surface area (Å²) in [5, 5.41) is -0.0724. The van der Waals surface area contributed by atoms with Crippen molar-refractivity contribution in [1.29, 1.82) is 0 Å². The van der Waals surface area contributed by atoms with Gasteiger partial charge in [0.15, 0.2) is 16.6 Å². The van der Waals surface area contributed by atoms with Crippen molar-refractivity contribution in [3.05, 3.63) is 59.8 Å². The van der Waals surface area contributed by atoms with Gasteiger partial charge < -0.3 is 28.8 Å². The summed E-state index contributed by atoms with van der Waals surface area (Å²) in [5.74, 6) is -1.08. The minimum atomic E-state index is -2.31. The minimum absolute atomic E-state index is 0.000214. The molecule has 0 spiro atoms. The summed E-state index contributed by atoms with van der Waals surface area (Å²) in [6, 6.07) is 0. The Morgan fingerprint density at radius 2 is 1.57 bits per heavy atom. The monoisotopic (exact) mass is 747 g/mol. The molecule has 51 heavy (non-hydrogen) atoms. The van der Waals surface area contributed by atoms with E-state index in [0.29, 0.717) is 31.3 Å². The highest BCUT2D eigenvalue weighted by Gasteiger charge is 2.42. The highest BCUT2D eigenvalue weighted by atomic mass is 28.4. The molecule has 0 bridgehead atoms. The number of carbonyl (C=O) groups is 3. The van der Waals surface area contributed by atoms with Gasteiger partial charge in [-0.15, -0.1) is 0 Å². The molecule has 290 valence electrons. The maximum Gasteiger partial charge on any atom is 0.404 e. The second kappa shape index (κ2) is 20.5. The molecule has 0 saturated carbocycles. The molecule has 1 unspecified atom stereocenters. The molecule has 1 amide bonds. The molecule has 0 fully saturated rings. The number of rotatable bonds is 8. The molecule has 1 heterocycles. The van der Waals surface area contributed by atoms with Gasteiger partial charge in [-0.05, 0) is 82.2 Å². The summed E-state index contributed by atoms with van der Waals surface area (Å²) < 4.78 is 30.4. The summed E-state index contributed by atoms with van der Waals surface area (Å²) in [5.41, 5.74) is 7.08. The predicted molar refractivity (Wildman–Crippen MR) is 212 cm³/mol. The number of ether oxygens (including phenoxy) is 3. The fraction of sp³-hybridized carbons (Fsp3) is 0.675. The van der Waals surface area contributed by atoms with Gasteiger partial charge in [-0.2, -0.15) is 0 Å². The van der Waals surface area contributed by atoms with Crippen LogP contribution in [0.1, 0.15) is 101 Å². The summed E-state index contributed by atoms with van der Waals surface area (Å²) in [4.78, 5) is 37.3. The number of carbonyl (C=O) groups excluding carboxylic acids is 3. The van der Waals surface area contributed by atoms with E-state index in [1.807, 2.05) is 44.2 Å². The van der Waals surface area contributed by atoms with Crippen LogP contribution < -0.4 is 5.73 Å². The first-order chi connectivity index (χ1) is 23.4. The second-order valence-electron chi connectivity index (χ2n) is 16.9. The van der Waals surface area contributed by atoms with Gasteiger partial charge in [-0.25, -0.2) is 14.4 Å². The van der Waals surface area contributed by atoms with Crippen molar-refractivity contribution in [3.8, 4) is 0 Å². The van der Waals surface area contributed by atoms with Crippen molar-refractivity contribution < 1.29 is 37.4 Å². The van der Waals surface area contributed by atoms with Gasteiger partial charge in [0.1, 0.15) is 18.3 Å². The van der Waals surface area contributed by atoms with Gasteiger partial charge >= 0.3 is 18.0 Å². The largest absolute Gasteiger partial charge is 0.466 e. The van der Waals surface area contributed by atoms with Crippen LogP contribution in [0.15, 0.2) is 59.8 Å². The number of esters is 2. The van der Waals surface area contributed by atoms with Crippen molar-refractivity contribution >= 4 is 34.7 Å². The van der Waals surface area contributed by atoms with Crippen LogP contribution in [-0.4, -0.2) is 66.2 Å². The van der Waals surface area contributed by atoms with E-state index in [9.17, 15) is 14.4 Å². The Bertz CT molecular complexity index is 1300. The van der Waals surface area contributed by atoms with Crippen molar-refractivity contribution in [2.45, 2.75) is 162 Å². The van der Waals surface area contributed by atoms with Gasteiger partial charge in [-0.1, -0.05) is 96.6 Å². The molecule has 1 aliphatic rings. The predicted octanol–water partition coefficient (Wildman–Crippen LogP) is 9.87. The lowest BCUT2D eigenvalue weighted by molar-refractivity contribution is -0.144. The normalized spacial score (nSPS) is 26.4. The van der Waals surface area contributed by atoms with Gasteiger partial charge in [0, 0.05) is 24.0 Å². The number of primary amides is 1. The molecule has 9 nitrogen and oxygen atoms in total. The van der Waals surface area contributed by atoms with Crippen molar-refractivity contribution in [2.75, 3.05) is 7.11 Å². The topological polar surface area (TPSA) is 123 Å². The third-order valence-corrected chi connectivity index (χ3v) is 19.3. The molecule has 11 heteroatoms. The molecule has 0 aromatic rings. The summed E-state index contributed by atoms with van der Waals surface area (Å²) in [6.07, 6.45) is 16.2. The van der Waals surface area contributed by atoms with E-state index >= 15 is 0 Å². The Kier molecular flexibility index (Phi) is 18.6. The van der Waals surface area contributed by atoms with Crippen LogP contribution in [0, 0.1) is 5.92 Å². The fourth-order valence-corrected chi connectivity index (χ4v) is 7.59. The Hall–Kier alpha value is -2.74. The number of methoxy groups -OCH3 is 1. The summed E-state index contributed by atoms with van der Waals surface area (Å²) >= 11 is 0. The van der Waals surface area contributed by atoms with Crippen LogP contribution >= 0.6 is 0 Å². The SMILES string of the molecule is COC(=O)/C(C)=C/[C@@H](C)[C@H]1C/C(C)=C/C=C/CC[C@H](OC(N)=O)C(O[Si](C)(C)C(C)(C)C)/C=C/[C@@H](O[Si](C)(C)C(C)(C)C)CCC/C=C/C(=O)O1. The number of amides is 1. The highest BCUT2D eigenvalue weighted by Crippen LogP contribution is 2.40. The molecule has 0 aromatic heterocycles. The van der Waals surface area contributed by atoms with Crippen molar-refractivity contribution in [1.82, 2.24) is 0 Å². The van der Waals surface area contributed by atoms with Gasteiger partial charge in [0.05, 0.1) is 13.2 Å². The van der Waals surface area contributed by atoms with E-state index in [2.05, 4.69) is 73.8 Å². The van der Waals surface area contributed by atoms with Gasteiger partial charge in [0.25, 0.3) is 0 Å².